The van der Waals surface area contributed by atoms with Gasteiger partial charge in [-0.05, 0) is 55.5 Å². The van der Waals surface area contributed by atoms with Gasteiger partial charge in [0.25, 0.3) is 0 Å². The highest BCUT2D eigenvalue weighted by molar-refractivity contribution is 6.22. The van der Waals surface area contributed by atoms with Gasteiger partial charge in [-0.25, -0.2) is 9.78 Å². The molecule has 1 saturated carbocycles. The van der Waals surface area contributed by atoms with Crippen LogP contribution < -0.4 is 4.90 Å². The van der Waals surface area contributed by atoms with Crippen molar-refractivity contribution in [3.05, 3.63) is 108 Å². The highest BCUT2D eigenvalue weighted by atomic mass is 16.5. The molecule has 1 saturated heterocycles. The summed E-state index contributed by atoms with van der Waals surface area (Å²) < 4.78 is 5.45. The van der Waals surface area contributed by atoms with Crippen molar-refractivity contribution in [3.63, 3.8) is 0 Å². The van der Waals surface area contributed by atoms with Crippen molar-refractivity contribution in [2.45, 2.75) is 13.3 Å². The van der Waals surface area contributed by atoms with Crippen LogP contribution in [0.1, 0.15) is 32.7 Å². The minimum Gasteiger partial charge on any atom is -0.454 e. The Morgan fingerprint density at radius 3 is 2.24 bits per heavy atom. The second-order valence-electron chi connectivity index (χ2n) is 11.0. The largest absolute Gasteiger partial charge is 0.454 e. The molecule has 2 heterocycles. The lowest BCUT2D eigenvalue weighted by molar-refractivity contribution is -0.123. The summed E-state index contributed by atoms with van der Waals surface area (Å²) in [5.74, 6) is -1.38. The van der Waals surface area contributed by atoms with E-state index in [9.17, 15) is 19.2 Å². The number of allylic oxidation sites excluding steroid dienone is 2. The summed E-state index contributed by atoms with van der Waals surface area (Å²) in [6.45, 7) is 1.55. The van der Waals surface area contributed by atoms with E-state index in [2.05, 4.69) is 12.2 Å². The van der Waals surface area contributed by atoms with Crippen LogP contribution in [0.4, 0.5) is 5.69 Å². The van der Waals surface area contributed by atoms with Crippen molar-refractivity contribution in [2.24, 2.45) is 23.7 Å². The maximum Gasteiger partial charge on any atom is 0.339 e. The van der Waals surface area contributed by atoms with Gasteiger partial charge in [0.05, 0.1) is 34.3 Å². The van der Waals surface area contributed by atoms with Crippen LogP contribution >= 0.6 is 0 Å². The van der Waals surface area contributed by atoms with Gasteiger partial charge in [-0.2, -0.15) is 0 Å². The molecule has 2 aliphatic carbocycles. The third kappa shape index (κ3) is 4.16. The molecule has 0 N–H and O–H groups in total. The Morgan fingerprint density at radius 1 is 0.878 bits per heavy atom. The highest BCUT2D eigenvalue weighted by Gasteiger charge is 2.59. The summed E-state index contributed by atoms with van der Waals surface area (Å²) in [4.78, 5) is 58.3. The van der Waals surface area contributed by atoms with Crippen LogP contribution in [0.15, 0.2) is 91.0 Å². The molecule has 1 aliphatic heterocycles. The van der Waals surface area contributed by atoms with Crippen LogP contribution in [0.3, 0.4) is 0 Å². The first-order valence-corrected chi connectivity index (χ1v) is 13.7. The number of imide groups is 1. The summed E-state index contributed by atoms with van der Waals surface area (Å²) in [5, 5.41) is 0.630. The first kappa shape index (κ1) is 25.1. The number of aromatic nitrogens is 1. The average Bonchev–Trinajstić information content (AvgIpc) is 3.69. The van der Waals surface area contributed by atoms with E-state index in [4.69, 9.17) is 9.72 Å². The SMILES string of the molecule is Cc1ccc2nc(-c3ccc(N4C(=O)[C@@H]5[C@@H](C4=O)[C@H]4C=C[C@@H]5C4)cc3)cc(C(=O)OCC(=O)c3ccccc3)c2c1. The molecule has 7 rings (SSSR count). The van der Waals surface area contributed by atoms with E-state index in [0.29, 0.717) is 39.0 Å². The molecule has 4 atom stereocenters. The van der Waals surface area contributed by atoms with Gasteiger partial charge in [-0.15, -0.1) is 0 Å². The van der Waals surface area contributed by atoms with Gasteiger partial charge in [-0.1, -0.05) is 66.2 Å². The van der Waals surface area contributed by atoms with E-state index in [1.54, 1.807) is 54.6 Å². The standard InChI is InChI=1S/C34H26N2O5/c1-19-7-14-27-25(15-19)26(34(40)41-18-29(37)21-5-3-2-4-6-21)17-28(35-27)20-10-12-24(13-11-20)36-32(38)30-22-8-9-23(16-22)31(30)33(36)39/h2-15,17,22-23,30-31H,16,18H2,1H3/t22-,23+,30-,31-/m0/s1. The van der Waals surface area contributed by atoms with Crippen LogP contribution in [0.5, 0.6) is 0 Å². The Hall–Kier alpha value is -4.91. The number of ketones is 1. The molecule has 0 unspecified atom stereocenters. The molecular weight excluding hydrogens is 516 g/mol. The average molecular weight is 543 g/mol. The van der Waals surface area contributed by atoms with E-state index in [1.165, 1.54) is 4.90 Å². The van der Waals surface area contributed by atoms with Gasteiger partial charge >= 0.3 is 5.97 Å². The van der Waals surface area contributed by atoms with Crippen LogP contribution in [0.2, 0.25) is 0 Å². The molecule has 0 radical (unpaired) electrons. The number of nitrogens with zero attached hydrogens (tertiary/aromatic N) is 2. The van der Waals surface area contributed by atoms with Gasteiger partial charge in [0.1, 0.15) is 0 Å². The van der Waals surface area contributed by atoms with E-state index >= 15 is 0 Å². The number of aryl methyl sites for hydroxylation is 1. The number of hydrogen-bond donors (Lipinski definition) is 0. The second kappa shape index (κ2) is 9.63. The zero-order valence-corrected chi connectivity index (χ0v) is 22.3. The number of rotatable bonds is 6. The van der Waals surface area contributed by atoms with E-state index in [1.807, 2.05) is 31.2 Å². The number of Topliss-reactive ketones (excluding diaryl/α,β-unsaturated/α-hetero) is 1. The maximum absolute atomic E-state index is 13.3. The maximum atomic E-state index is 13.3. The van der Waals surface area contributed by atoms with Crippen LogP contribution in [0.25, 0.3) is 22.2 Å². The minimum absolute atomic E-state index is 0.126. The molecule has 0 spiro atoms. The van der Waals surface area contributed by atoms with Crippen molar-refractivity contribution in [3.8, 4) is 11.3 Å². The Balaban J connectivity index is 1.17. The monoisotopic (exact) mass is 542 g/mol. The number of carbonyl (C=O) groups excluding carboxylic acids is 4. The van der Waals surface area contributed by atoms with Gasteiger partial charge in [0.2, 0.25) is 11.8 Å². The second-order valence-corrected chi connectivity index (χ2v) is 11.0. The number of benzene rings is 3. The third-order valence-corrected chi connectivity index (χ3v) is 8.51. The molecule has 7 heteroatoms. The van der Waals surface area contributed by atoms with Crippen molar-refractivity contribution < 1.29 is 23.9 Å². The predicted octanol–water partition coefficient (Wildman–Crippen LogP) is 5.56. The number of fused-ring (bicyclic) bond motifs is 6. The molecule has 2 fully saturated rings. The summed E-state index contributed by atoms with van der Waals surface area (Å²) in [6.07, 6.45) is 5.05. The van der Waals surface area contributed by atoms with Crippen LogP contribution in [-0.4, -0.2) is 35.2 Å². The summed E-state index contributed by atoms with van der Waals surface area (Å²) in [7, 11) is 0. The molecule has 7 nitrogen and oxygen atoms in total. The molecule has 202 valence electrons. The fraction of sp³-hybridized carbons (Fsp3) is 0.206. The number of hydrogen-bond acceptors (Lipinski definition) is 6. The number of anilines is 1. The summed E-state index contributed by atoms with van der Waals surface area (Å²) >= 11 is 0. The highest BCUT2D eigenvalue weighted by Crippen LogP contribution is 2.53. The number of amides is 2. The molecule has 4 aromatic rings. The van der Waals surface area contributed by atoms with Crippen molar-refractivity contribution in [1.29, 1.82) is 0 Å². The summed E-state index contributed by atoms with van der Waals surface area (Å²) in [5.41, 5.74) is 4.13. The predicted molar refractivity (Wildman–Crippen MR) is 153 cm³/mol. The Bertz CT molecular complexity index is 1750. The third-order valence-electron chi connectivity index (χ3n) is 8.51. The first-order chi connectivity index (χ1) is 19.9. The minimum atomic E-state index is -0.617. The zero-order valence-electron chi connectivity index (χ0n) is 22.3. The topological polar surface area (TPSA) is 93.6 Å². The molecule has 2 amide bonds. The lowest BCUT2D eigenvalue weighted by Gasteiger charge is -2.17. The summed E-state index contributed by atoms with van der Waals surface area (Å²) in [6, 6.07) is 23.1. The van der Waals surface area contributed by atoms with E-state index in [-0.39, 0.29) is 47.9 Å². The van der Waals surface area contributed by atoms with Crippen LogP contribution in [-0.2, 0) is 14.3 Å². The fourth-order valence-electron chi connectivity index (χ4n) is 6.51. The quantitative estimate of drug-likeness (QED) is 0.137. The van der Waals surface area contributed by atoms with Gasteiger partial charge in [-0.3, -0.25) is 19.3 Å². The Kier molecular flexibility index (Phi) is 5.89. The number of ether oxygens (including phenoxy) is 1. The van der Waals surface area contributed by atoms with Gasteiger partial charge in [0, 0.05) is 16.5 Å². The van der Waals surface area contributed by atoms with E-state index in [0.717, 1.165) is 12.0 Å². The molecule has 3 aliphatic rings. The normalized spacial score (nSPS) is 22.4. The van der Waals surface area contributed by atoms with Crippen molar-refractivity contribution in [1.82, 2.24) is 4.98 Å². The Labute approximate surface area is 236 Å². The smallest absolute Gasteiger partial charge is 0.339 e. The lowest BCUT2D eigenvalue weighted by Crippen LogP contribution is -2.32. The van der Waals surface area contributed by atoms with E-state index < -0.39 is 5.97 Å². The Morgan fingerprint density at radius 2 is 1.56 bits per heavy atom. The lowest BCUT2D eigenvalue weighted by atomic mass is 9.85. The molecule has 1 aromatic heterocycles. The van der Waals surface area contributed by atoms with Crippen LogP contribution in [0, 0.1) is 30.6 Å². The van der Waals surface area contributed by atoms with Crippen molar-refractivity contribution >= 4 is 40.2 Å². The zero-order chi connectivity index (χ0) is 28.2. The first-order valence-electron chi connectivity index (χ1n) is 13.7. The van der Waals surface area contributed by atoms with Crippen molar-refractivity contribution in [2.75, 3.05) is 11.5 Å². The van der Waals surface area contributed by atoms with Gasteiger partial charge < -0.3 is 4.74 Å². The molecule has 2 bridgehead atoms. The number of pyridine rings is 1. The molecular formula is C34H26N2O5. The molecule has 41 heavy (non-hydrogen) atoms. The number of esters is 1. The van der Waals surface area contributed by atoms with Gasteiger partial charge in [0.15, 0.2) is 12.4 Å². The fourth-order valence-corrected chi connectivity index (χ4v) is 6.51. The molecule has 3 aromatic carbocycles. The number of carbonyl (C=O) groups is 4.